The molecule has 5 heteroatoms. The lowest BCUT2D eigenvalue weighted by atomic mass is 9.84. The third-order valence-electron chi connectivity index (χ3n) is 3.45. The Morgan fingerprint density at radius 1 is 1.33 bits per heavy atom. The van der Waals surface area contributed by atoms with Crippen LogP contribution in [-0.4, -0.2) is 27.1 Å². The van der Waals surface area contributed by atoms with E-state index in [4.69, 9.17) is 0 Å². The van der Waals surface area contributed by atoms with Crippen LogP contribution in [-0.2, 0) is 4.79 Å². The third-order valence-corrected chi connectivity index (χ3v) is 3.45. The van der Waals surface area contributed by atoms with Crippen molar-refractivity contribution in [2.75, 3.05) is 5.32 Å². The summed E-state index contributed by atoms with van der Waals surface area (Å²) in [7, 11) is 0. The fourth-order valence-corrected chi connectivity index (χ4v) is 2.45. The van der Waals surface area contributed by atoms with E-state index in [0.717, 1.165) is 31.2 Å². The van der Waals surface area contributed by atoms with Crippen LogP contribution >= 0.6 is 0 Å². The Morgan fingerprint density at radius 2 is 1.94 bits per heavy atom. The second-order valence-electron chi connectivity index (χ2n) is 4.94. The summed E-state index contributed by atoms with van der Waals surface area (Å²) in [5.41, 5.74) is 0.963. The number of hydrogen-bond acceptors (Lipinski definition) is 4. The van der Waals surface area contributed by atoms with E-state index in [-0.39, 0.29) is 5.92 Å². The average molecular weight is 249 g/mol. The summed E-state index contributed by atoms with van der Waals surface area (Å²) in [4.78, 5) is 19.6. The van der Waals surface area contributed by atoms with Gasteiger partial charge < -0.3 is 10.4 Å². The zero-order chi connectivity index (χ0) is 13.0. The molecule has 5 nitrogen and oxygen atoms in total. The maximum Gasteiger partial charge on any atom is 0.326 e. The van der Waals surface area contributed by atoms with Gasteiger partial charge in [-0.2, -0.15) is 0 Å². The van der Waals surface area contributed by atoms with Crippen LogP contribution in [0.1, 0.15) is 37.7 Å². The first-order valence-corrected chi connectivity index (χ1v) is 6.45. The summed E-state index contributed by atoms with van der Waals surface area (Å²) >= 11 is 0. The zero-order valence-corrected chi connectivity index (χ0v) is 10.6. The summed E-state index contributed by atoms with van der Waals surface area (Å²) in [6.45, 7) is 1.90. The molecule has 0 aliphatic heterocycles. The smallest absolute Gasteiger partial charge is 0.326 e. The molecule has 1 heterocycles. The van der Waals surface area contributed by atoms with E-state index in [1.165, 1.54) is 6.42 Å². The Bertz CT molecular complexity index is 399. The van der Waals surface area contributed by atoms with Gasteiger partial charge in [0.15, 0.2) is 0 Å². The minimum absolute atomic E-state index is 0.182. The lowest BCUT2D eigenvalue weighted by Crippen LogP contribution is -2.38. The van der Waals surface area contributed by atoms with E-state index in [9.17, 15) is 9.90 Å². The Labute approximate surface area is 107 Å². The van der Waals surface area contributed by atoms with E-state index >= 15 is 0 Å². The molecule has 0 saturated heterocycles. The number of aromatic nitrogens is 2. The number of nitrogens with zero attached hydrogens (tertiary/aromatic N) is 2. The number of rotatable bonds is 4. The fourth-order valence-electron chi connectivity index (χ4n) is 2.45. The fraction of sp³-hybridized carbons (Fsp3) is 0.615. The van der Waals surface area contributed by atoms with Crippen molar-refractivity contribution in [3.63, 3.8) is 0 Å². The van der Waals surface area contributed by atoms with Crippen LogP contribution in [0.2, 0.25) is 0 Å². The maximum atomic E-state index is 11.4. The predicted octanol–water partition coefficient (Wildman–Crippen LogP) is 2.23. The van der Waals surface area contributed by atoms with Gasteiger partial charge in [-0.1, -0.05) is 19.3 Å². The molecule has 2 N–H and O–H groups in total. The topological polar surface area (TPSA) is 75.1 Å². The number of hydrogen-bond donors (Lipinski definition) is 2. The van der Waals surface area contributed by atoms with Gasteiger partial charge in [-0.3, -0.25) is 0 Å². The molecule has 1 atom stereocenters. The molecule has 1 aromatic rings. The third kappa shape index (κ3) is 3.18. The van der Waals surface area contributed by atoms with Gasteiger partial charge in [0.2, 0.25) is 5.95 Å². The molecule has 1 aliphatic rings. The largest absolute Gasteiger partial charge is 0.480 e. The molecule has 1 aromatic heterocycles. The Hall–Kier alpha value is -1.65. The molecule has 1 saturated carbocycles. The van der Waals surface area contributed by atoms with Crippen LogP contribution in [0, 0.1) is 12.8 Å². The molecule has 0 spiro atoms. The average Bonchev–Trinajstić information content (AvgIpc) is 2.38. The van der Waals surface area contributed by atoms with E-state index < -0.39 is 12.0 Å². The van der Waals surface area contributed by atoms with Gasteiger partial charge in [-0.15, -0.1) is 0 Å². The quantitative estimate of drug-likeness (QED) is 0.855. The van der Waals surface area contributed by atoms with Crippen LogP contribution in [0.25, 0.3) is 0 Å². The molecule has 98 valence electrons. The van der Waals surface area contributed by atoms with Crippen LogP contribution < -0.4 is 5.32 Å². The minimum Gasteiger partial charge on any atom is -0.480 e. The first kappa shape index (κ1) is 12.8. The van der Waals surface area contributed by atoms with Crippen molar-refractivity contribution < 1.29 is 9.90 Å². The van der Waals surface area contributed by atoms with E-state index in [0.29, 0.717) is 5.95 Å². The van der Waals surface area contributed by atoms with Crippen LogP contribution in [0.4, 0.5) is 5.95 Å². The molecule has 18 heavy (non-hydrogen) atoms. The van der Waals surface area contributed by atoms with Crippen molar-refractivity contribution in [3.05, 3.63) is 18.0 Å². The van der Waals surface area contributed by atoms with E-state index in [2.05, 4.69) is 15.3 Å². The van der Waals surface area contributed by atoms with Gasteiger partial charge in [-0.05, 0) is 31.2 Å². The van der Waals surface area contributed by atoms with Gasteiger partial charge in [0.1, 0.15) is 6.04 Å². The summed E-state index contributed by atoms with van der Waals surface area (Å²) in [6, 6.07) is -0.576. The summed E-state index contributed by atoms with van der Waals surface area (Å²) < 4.78 is 0. The maximum absolute atomic E-state index is 11.4. The van der Waals surface area contributed by atoms with Crippen molar-refractivity contribution in [1.29, 1.82) is 0 Å². The number of aliphatic carboxylic acids is 1. The molecule has 1 fully saturated rings. The van der Waals surface area contributed by atoms with Gasteiger partial charge in [0, 0.05) is 12.4 Å². The first-order valence-electron chi connectivity index (χ1n) is 6.45. The van der Waals surface area contributed by atoms with Crippen LogP contribution in [0.3, 0.4) is 0 Å². The first-order chi connectivity index (χ1) is 8.66. The molecular formula is C13H19N3O2. The van der Waals surface area contributed by atoms with Crippen molar-refractivity contribution in [2.24, 2.45) is 5.92 Å². The van der Waals surface area contributed by atoms with Crippen molar-refractivity contribution in [2.45, 2.75) is 45.1 Å². The number of aryl methyl sites for hydroxylation is 1. The van der Waals surface area contributed by atoms with E-state index in [1.54, 1.807) is 12.4 Å². The monoisotopic (exact) mass is 249 g/mol. The molecule has 1 unspecified atom stereocenters. The number of nitrogens with one attached hydrogen (secondary N) is 1. The van der Waals surface area contributed by atoms with Gasteiger partial charge in [0.25, 0.3) is 0 Å². The Morgan fingerprint density at radius 3 is 2.50 bits per heavy atom. The SMILES string of the molecule is Cc1cnc(NC(C(=O)O)C2CCCCC2)nc1. The van der Waals surface area contributed by atoms with E-state index in [1.807, 2.05) is 6.92 Å². The molecule has 0 radical (unpaired) electrons. The molecule has 0 amide bonds. The molecular weight excluding hydrogens is 230 g/mol. The van der Waals surface area contributed by atoms with Crippen molar-refractivity contribution >= 4 is 11.9 Å². The van der Waals surface area contributed by atoms with Gasteiger partial charge in [-0.25, -0.2) is 14.8 Å². The molecule has 0 aromatic carbocycles. The summed E-state index contributed by atoms with van der Waals surface area (Å²) in [6.07, 6.45) is 8.76. The second kappa shape index (κ2) is 5.80. The van der Waals surface area contributed by atoms with Crippen LogP contribution in [0.5, 0.6) is 0 Å². The van der Waals surface area contributed by atoms with Gasteiger partial charge >= 0.3 is 5.97 Å². The predicted molar refractivity (Wildman–Crippen MR) is 68.4 cm³/mol. The Kier molecular flexibility index (Phi) is 4.12. The van der Waals surface area contributed by atoms with Crippen LogP contribution in [0.15, 0.2) is 12.4 Å². The second-order valence-corrected chi connectivity index (χ2v) is 4.94. The lowest BCUT2D eigenvalue weighted by molar-refractivity contribution is -0.139. The summed E-state index contributed by atoms with van der Waals surface area (Å²) in [5, 5.41) is 12.3. The standard InChI is InChI=1S/C13H19N3O2/c1-9-7-14-13(15-8-9)16-11(12(17)18)10-5-3-2-4-6-10/h7-8,10-11H,2-6H2,1H3,(H,17,18)(H,14,15,16). The number of carboxylic acids is 1. The van der Waals surface area contributed by atoms with Gasteiger partial charge in [0.05, 0.1) is 0 Å². The molecule has 2 rings (SSSR count). The highest BCUT2D eigenvalue weighted by Crippen LogP contribution is 2.27. The Balaban J connectivity index is 2.05. The summed E-state index contributed by atoms with van der Waals surface area (Å²) in [5.74, 6) is -0.231. The highest BCUT2D eigenvalue weighted by atomic mass is 16.4. The minimum atomic E-state index is -0.814. The normalized spacial score (nSPS) is 18.3. The highest BCUT2D eigenvalue weighted by Gasteiger charge is 2.29. The number of carbonyl (C=O) groups is 1. The molecule has 0 bridgehead atoms. The van der Waals surface area contributed by atoms with Crippen molar-refractivity contribution in [1.82, 2.24) is 9.97 Å². The highest BCUT2D eigenvalue weighted by molar-refractivity contribution is 5.77. The molecule has 1 aliphatic carbocycles. The lowest BCUT2D eigenvalue weighted by Gasteiger charge is -2.27. The zero-order valence-electron chi connectivity index (χ0n) is 10.6. The number of anilines is 1. The van der Waals surface area contributed by atoms with Crippen molar-refractivity contribution in [3.8, 4) is 0 Å². The number of carboxylic acid groups (broad SMARTS) is 1.